The molecule has 2 aliphatic rings. The zero-order chi connectivity index (χ0) is 17.4. The number of hydrogen-bond acceptors (Lipinski definition) is 6. The number of carbonyl (C=O) groups excluding carboxylic acids is 2. The fraction of sp³-hybridized carbons (Fsp3) is 0.500. The minimum atomic E-state index is -0.440. The molecule has 0 saturated carbocycles. The third kappa shape index (κ3) is 3.00. The van der Waals surface area contributed by atoms with Gasteiger partial charge in [0.25, 0.3) is 0 Å². The molecule has 1 unspecified atom stereocenters. The highest BCUT2D eigenvalue weighted by Crippen LogP contribution is 2.33. The highest BCUT2D eigenvalue weighted by Gasteiger charge is 2.32. The van der Waals surface area contributed by atoms with E-state index < -0.39 is 5.92 Å². The summed E-state index contributed by atoms with van der Waals surface area (Å²) >= 11 is 0. The van der Waals surface area contributed by atoms with Crippen LogP contribution < -0.4 is 10.2 Å². The summed E-state index contributed by atoms with van der Waals surface area (Å²) in [6.45, 7) is 2.07. The van der Waals surface area contributed by atoms with Gasteiger partial charge in [-0.05, 0) is 37.3 Å². The highest BCUT2D eigenvalue weighted by molar-refractivity contribution is 6.02. The Balaban J connectivity index is 1.57. The summed E-state index contributed by atoms with van der Waals surface area (Å²) < 4.78 is 5.47. The molecule has 2 N–H and O–H groups in total. The first-order chi connectivity index (χ1) is 12.2. The summed E-state index contributed by atoms with van der Waals surface area (Å²) in [5, 5.41) is 16.6. The number of anilines is 1. The van der Waals surface area contributed by atoms with Crippen LogP contribution in [0.3, 0.4) is 0 Å². The molecule has 7 heteroatoms. The van der Waals surface area contributed by atoms with Gasteiger partial charge in [0.2, 0.25) is 11.8 Å². The van der Waals surface area contributed by atoms with Crippen molar-refractivity contribution in [2.45, 2.75) is 31.6 Å². The quantitative estimate of drug-likeness (QED) is 0.821. The number of benzene rings is 1. The molecule has 1 aromatic heterocycles. The van der Waals surface area contributed by atoms with Gasteiger partial charge >= 0.3 is 0 Å². The van der Waals surface area contributed by atoms with Gasteiger partial charge in [0.15, 0.2) is 5.58 Å². The van der Waals surface area contributed by atoms with Crippen molar-refractivity contribution in [3.63, 3.8) is 0 Å². The van der Waals surface area contributed by atoms with Crippen molar-refractivity contribution in [3.05, 3.63) is 23.9 Å². The van der Waals surface area contributed by atoms with E-state index in [9.17, 15) is 14.7 Å². The standard InChI is InChI=1S/C18H21N3O4/c22-10-11-5-7-21(8-6-11)12-1-2-13-15(9-12)25-20-17(13)14-3-4-16(23)19-18(14)24/h1-2,9,11,14,22H,3-8,10H2,(H,19,23,24). The number of nitrogens with one attached hydrogen (secondary N) is 1. The van der Waals surface area contributed by atoms with Crippen LogP contribution >= 0.6 is 0 Å². The molecule has 2 aliphatic heterocycles. The fourth-order valence-electron chi connectivity index (χ4n) is 3.72. The first-order valence-electron chi connectivity index (χ1n) is 8.74. The minimum Gasteiger partial charge on any atom is -0.396 e. The van der Waals surface area contributed by atoms with Crippen LogP contribution in [0.5, 0.6) is 0 Å². The minimum absolute atomic E-state index is 0.234. The van der Waals surface area contributed by atoms with E-state index in [1.54, 1.807) is 0 Å². The third-order valence-electron chi connectivity index (χ3n) is 5.29. The Morgan fingerprint density at radius 1 is 1.24 bits per heavy atom. The number of imide groups is 1. The van der Waals surface area contributed by atoms with Crippen LogP contribution in [0.1, 0.15) is 37.3 Å². The maximum atomic E-state index is 12.1. The molecule has 3 heterocycles. The van der Waals surface area contributed by atoms with Crippen LogP contribution in [0.2, 0.25) is 0 Å². The zero-order valence-electron chi connectivity index (χ0n) is 13.9. The third-order valence-corrected chi connectivity index (χ3v) is 5.29. The molecule has 2 saturated heterocycles. The van der Waals surface area contributed by atoms with Gasteiger partial charge in [-0.25, -0.2) is 0 Å². The number of piperidine rings is 2. The average molecular weight is 343 g/mol. The van der Waals surface area contributed by atoms with E-state index in [4.69, 9.17) is 4.52 Å². The molecule has 2 aromatic rings. The Morgan fingerprint density at radius 2 is 2.04 bits per heavy atom. The molecular formula is C18H21N3O4. The lowest BCUT2D eigenvalue weighted by molar-refractivity contribution is -0.134. The highest BCUT2D eigenvalue weighted by atomic mass is 16.5. The lowest BCUT2D eigenvalue weighted by Crippen LogP contribution is -2.39. The molecule has 0 spiro atoms. The Bertz CT molecular complexity index is 808. The van der Waals surface area contributed by atoms with Gasteiger partial charge in [0.05, 0.1) is 5.92 Å². The number of aliphatic hydroxyl groups excluding tert-OH is 1. The van der Waals surface area contributed by atoms with Crippen molar-refractivity contribution < 1.29 is 19.2 Å². The fourth-order valence-corrected chi connectivity index (χ4v) is 3.72. The van der Waals surface area contributed by atoms with E-state index in [-0.39, 0.29) is 18.4 Å². The van der Waals surface area contributed by atoms with Crippen molar-refractivity contribution in [1.29, 1.82) is 0 Å². The molecule has 7 nitrogen and oxygen atoms in total. The summed E-state index contributed by atoms with van der Waals surface area (Å²) in [6.07, 6.45) is 2.74. The van der Waals surface area contributed by atoms with Crippen LogP contribution in [-0.4, -0.2) is 41.8 Å². The Kier molecular flexibility index (Phi) is 4.17. The zero-order valence-corrected chi connectivity index (χ0v) is 13.9. The Hall–Kier alpha value is -2.41. The largest absolute Gasteiger partial charge is 0.396 e. The monoisotopic (exact) mass is 343 g/mol. The first-order valence-corrected chi connectivity index (χ1v) is 8.74. The van der Waals surface area contributed by atoms with Crippen molar-refractivity contribution in [2.24, 2.45) is 5.92 Å². The maximum Gasteiger partial charge on any atom is 0.235 e. The number of nitrogens with zero attached hydrogens (tertiary/aromatic N) is 2. The van der Waals surface area contributed by atoms with Crippen LogP contribution in [0.4, 0.5) is 5.69 Å². The van der Waals surface area contributed by atoms with E-state index in [1.807, 2.05) is 18.2 Å². The van der Waals surface area contributed by atoms with E-state index in [0.717, 1.165) is 37.0 Å². The van der Waals surface area contributed by atoms with Gasteiger partial charge in [-0.3, -0.25) is 14.9 Å². The molecule has 1 atom stereocenters. The maximum absolute atomic E-state index is 12.1. The SMILES string of the molecule is O=C1CCC(c2noc3cc(N4CCC(CO)CC4)ccc23)C(=O)N1. The van der Waals surface area contributed by atoms with E-state index in [1.165, 1.54) is 0 Å². The van der Waals surface area contributed by atoms with Crippen LogP contribution in [0, 0.1) is 5.92 Å². The van der Waals surface area contributed by atoms with Gasteiger partial charge in [-0.15, -0.1) is 0 Å². The van der Waals surface area contributed by atoms with E-state index in [0.29, 0.717) is 30.0 Å². The second-order valence-electron chi connectivity index (χ2n) is 6.86. The molecule has 132 valence electrons. The average Bonchev–Trinajstić information content (AvgIpc) is 3.05. The van der Waals surface area contributed by atoms with Gasteiger partial charge in [0.1, 0.15) is 5.69 Å². The second-order valence-corrected chi connectivity index (χ2v) is 6.86. The normalized spacial score (nSPS) is 22.4. The molecule has 2 amide bonds. The summed E-state index contributed by atoms with van der Waals surface area (Å²) in [4.78, 5) is 25.7. The molecular weight excluding hydrogens is 322 g/mol. The summed E-state index contributed by atoms with van der Waals surface area (Å²) in [5.41, 5.74) is 2.32. The van der Waals surface area contributed by atoms with Crippen LogP contribution in [-0.2, 0) is 9.59 Å². The topological polar surface area (TPSA) is 95.7 Å². The Morgan fingerprint density at radius 3 is 2.76 bits per heavy atom. The van der Waals surface area contributed by atoms with E-state index in [2.05, 4.69) is 15.4 Å². The predicted octanol–water partition coefficient (Wildman–Crippen LogP) is 1.56. The molecule has 4 rings (SSSR count). The molecule has 0 radical (unpaired) electrons. The number of aromatic nitrogens is 1. The second kappa shape index (κ2) is 6.48. The summed E-state index contributed by atoms with van der Waals surface area (Å²) in [5.74, 6) is -0.585. The van der Waals surface area contributed by atoms with Crippen LogP contribution in [0.25, 0.3) is 11.0 Å². The van der Waals surface area contributed by atoms with Crippen molar-refractivity contribution in [1.82, 2.24) is 10.5 Å². The van der Waals surface area contributed by atoms with Crippen molar-refractivity contribution >= 4 is 28.5 Å². The van der Waals surface area contributed by atoms with Gasteiger partial charge in [0, 0.05) is 43.3 Å². The summed E-state index contributed by atoms with van der Waals surface area (Å²) in [6, 6.07) is 5.92. The smallest absolute Gasteiger partial charge is 0.235 e. The number of rotatable bonds is 3. The molecule has 1 aromatic carbocycles. The van der Waals surface area contributed by atoms with Crippen molar-refractivity contribution in [2.75, 3.05) is 24.6 Å². The molecule has 2 fully saturated rings. The number of hydrogen-bond donors (Lipinski definition) is 2. The summed E-state index contributed by atoms with van der Waals surface area (Å²) in [7, 11) is 0. The lowest BCUT2D eigenvalue weighted by atomic mass is 9.92. The van der Waals surface area contributed by atoms with Gasteiger partial charge in [-0.1, -0.05) is 5.16 Å². The lowest BCUT2D eigenvalue weighted by Gasteiger charge is -2.32. The molecule has 0 bridgehead atoms. The molecule has 0 aliphatic carbocycles. The number of carbonyl (C=O) groups is 2. The number of aliphatic hydroxyl groups is 1. The van der Waals surface area contributed by atoms with Crippen molar-refractivity contribution in [3.8, 4) is 0 Å². The first kappa shape index (κ1) is 16.1. The number of amides is 2. The predicted molar refractivity (Wildman–Crippen MR) is 91.2 cm³/mol. The van der Waals surface area contributed by atoms with Gasteiger partial charge < -0.3 is 14.5 Å². The number of fused-ring (bicyclic) bond motifs is 1. The van der Waals surface area contributed by atoms with E-state index >= 15 is 0 Å². The van der Waals surface area contributed by atoms with Crippen LogP contribution in [0.15, 0.2) is 22.7 Å². The van der Waals surface area contributed by atoms with Gasteiger partial charge in [-0.2, -0.15) is 0 Å². The molecule has 25 heavy (non-hydrogen) atoms. The Labute approximate surface area is 145 Å².